The van der Waals surface area contributed by atoms with Crippen LogP contribution in [0.25, 0.3) is 0 Å². The van der Waals surface area contributed by atoms with Crippen LogP contribution in [0.4, 0.5) is 0 Å². The maximum atomic E-state index is 12.1. The lowest BCUT2D eigenvalue weighted by molar-refractivity contribution is -0.190. The van der Waals surface area contributed by atoms with Crippen LogP contribution in [0, 0.1) is 28.6 Å². The number of carbonyl (C=O) groups excluding carboxylic acids is 1. The van der Waals surface area contributed by atoms with Crippen molar-refractivity contribution in [3.8, 4) is 0 Å². The molecule has 0 unspecified atom stereocenters. The van der Waals surface area contributed by atoms with Crippen LogP contribution in [0.15, 0.2) is 27.6 Å². The highest BCUT2D eigenvalue weighted by molar-refractivity contribution is 5.67. The molecule has 1 saturated heterocycles. The van der Waals surface area contributed by atoms with Gasteiger partial charge in [0.1, 0.15) is 17.8 Å². The quantitative estimate of drug-likeness (QED) is 0.518. The van der Waals surface area contributed by atoms with Crippen LogP contribution in [-0.2, 0) is 14.3 Å². The molecule has 2 heterocycles. The minimum absolute atomic E-state index is 0.0598. The maximum absolute atomic E-state index is 12.1. The number of hydrogen-bond acceptors (Lipinski definition) is 7. The molecule has 1 aliphatic heterocycles. The SMILES string of the molecule is CC(=O)O[C@H]1[C@H]2O[C@]23[C@@H]2CC[C@@H]4C[C@H](O)CC[C@]4(C)[C@H]2C[C@@H](O)[C@]3(C)[C@H]1c1ccc(=O)oc1. The number of rotatable bonds is 2. The third kappa shape index (κ3) is 2.67. The Morgan fingerprint density at radius 3 is 2.61 bits per heavy atom. The lowest BCUT2D eigenvalue weighted by Gasteiger charge is -2.62. The Kier molecular flexibility index (Phi) is 4.57. The van der Waals surface area contributed by atoms with Gasteiger partial charge in [-0.25, -0.2) is 4.79 Å². The highest BCUT2D eigenvalue weighted by Crippen LogP contribution is 2.78. The van der Waals surface area contributed by atoms with Gasteiger partial charge in [-0.05, 0) is 73.3 Å². The number of aliphatic hydroxyl groups excluding tert-OH is 2. The van der Waals surface area contributed by atoms with E-state index >= 15 is 0 Å². The second-order valence-corrected chi connectivity index (χ2v) is 11.7. The minimum Gasteiger partial charge on any atom is -0.459 e. The van der Waals surface area contributed by atoms with Crippen molar-refractivity contribution in [2.24, 2.45) is 28.6 Å². The molecule has 1 aromatic heterocycles. The lowest BCUT2D eigenvalue weighted by Crippen LogP contribution is -2.63. The first-order valence-electron chi connectivity index (χ1n) is 12.4. The van der Waals surface area contributed by atoms with E-state index in [9.17, 15) is 19.8 Å². The van der Waals surface area contributed by atoms with Gasteiger partial charge < -0.3 is 24.1 Å². The second-order valence-electron chi connectivity index (χ2n) is 11.7. The molecule has 0 aromatic carbocycles. The molecule has 33 heavy (non-hydrogen) atoms. The Labute approximate surface area is 193 Å². The summed E-state index contributed by atoms with van der Waals surface area (Å²) in [5, 5.41) is 22.1. The second kappa shape index (κ2) is 6.92. The van der Waals surface area contributed by atoms with E-state index < -0.39 is 28.8 Å². The molecular formula is C26H34O7. The van der Waals surface area contributed by atoms with Gasteiger partial charge in [-0.1, -0.05) is 13.8 Å². The molecule has 11 atom stereocenters. The number of aliphatic hydroxyl groups is 2. The van der Waals surface area contributed by atoms with Gasteiger partial charge in [0, 0.05) is 24.3 Å². The molecule has 1 aromatic rings. The van der Waals surface area contributed by atoms with Gasteiger partial charge in [0.25, 0.3) is 0 Å². The average molecular weight is 459 g/mol. The molecule has 5 fully saturated rings. The van der Waals surface area contributed by atoms with Crippen molar-refractivity contribution in [3.05, 3.63) is 34.4 Å². The third-order valence-corrected chi connectivity index (χ3v) is 10.6. The summed E-state index contributed by atoms with van der Waals surface area (Å²) < 4.78 is 17.6. The van der Waals surface area contributed by atoms with Crippen molar-refractivity contribution in [3.63, 3.8) is 0 Å². The maximum Gasteiger partial charge on any atom is 0.335 e. The molecular weight excluding hydrogens is 424 g/mol. The minimum atomic E-state index is -0.670. The molecule has 6 rings (SSSR count). The van der Waals surface area contributed by atoms with Gasteiger partial charge >= 0.3 is 11.6 Å². The number of carbonyl (C=O) groups is 1. The van der Waals surface area contributed by atoms with E-state index in [1.807, 2.05) is 0 Å². The topological polar surface area (TPSA) is 110 Å². The monoisotopic (exact) mass is 458 g/mol. The van der Waals surface area contributed by atoms with Crippen molar-refractivity contribution < 1.29 is 28.9 Å². The highest BCUT2D eigenvalue weighted by atomic mass is 16.7. The fourth-order valence-electron chi connectivity index (χ4n) is 9.06. The smallest absolute Gasteiger partial charge is 0.335 e. The van der Waals surface area contributed by atoms with Crippen molar-refractivity contribution in [2.45, 2.75) is 95.2 Å². The van der Waals surface area contributed by atoms with Crippen LogP contribution in [0.5, 0.6) is 0 Å². The molecule has 7 nitrogen and oxygen atoms in total. The predicted octanol–water partition coefficient (Wildman–Crippen LogP) is 2.77. The Balaban J connectivity index is 1.44. The normalized spacial score (nSPS) is 52.2. The Bertz CT molecular complexity index is 1020. The zero-order chi connectivity index (χ0) is 23.3. The molecule has 0 bridgehead atoms. The van der Waals surface area contributed by atoms with Gasteiger partial charge in [-0.3, -0.25) is 4.79 Å². The molecule has 1 spiro atoms. The summed E-state index contributed by atoms with van der Waals surface area (Å²) >= 11 is 0. The van der Waals surface area contributed by atoms with Crippen LogP contribution in [0.2, 0.25) is 0 Å². The molecule has 0 amide bonds. The van der Waals surface area contributed by atoms with E-state index in [2.05, 4.69) is 13.8 Å². The summed E-state index contributed by atoms with van der Waals surface area (Å²) in [4.78, 5) is 23.7. The number of ether oxygens (including phenoxy) is 2. The van der Waals surface area contributed by atoms with Gasteiger partial charge in [0.05, 0.1) is 18.5 Å². The molecule has 0 radical (unpaired) electrons. The zero-order valence-corrected chi connectivity index (χ0v) is 19.5. The van der Waals surface area contributed by atoms with E-state index in [-0.39, 0.29) is 35.4 Å². The summed E-state index contributed by atoms with van der Waals surface area (Å²) in [6.45, 7) is 5.83. The van der Waals surface area contributed by atoms with Gasteiger partial charge in [-0.2, -0.15) is 0 Å². The van der Waals surface area contributed by atoms with E-state index in [0.717, 1.165) is 37.7 Å². The largest absolute Gasteiger partial charge is 0.459 e. The highest BCUT2D eigenvalue weighted by Gasteiger charge is 2.86. The average Bonchev–Trinajstić information content (AvgIpc) is 3.46. The number of fused-ring (bicyclic) bond motifs is 3. The fourth-order valence-corrected chi connectivity index (χ4v) is 9.06. The van der Waals surface area contributed by atoms with E-state index in [0.29, 0.717) is 18.3 Å². The van der Waals surface area contributed by atoms with Crippen LogP contribution < -0.4 is 5.63 Å². The standard InChI is InChI=1S/C26H34O7/c1-13(27)32-22-21(14-4-7-20(30)31-12-14)25(3)19(29)11-18-17(26(25)23(22)33-26)6-5-15-10-16(28)8-9-24(15,18)2/h4,7,12,15-19,21-23,28-29H,5-6,8-11H2,1-3H3/t15-,16-,17-,18+,19-,21+,22-,23-,24+,25-,26-/m1/s1. The van der Waals surface area contributed by atoms with Crippen molar-refractivity contribution >= 4 is 5.97 Å². The molecule has 180 valence electrons. The Morgan fingerprint density at radius 1 is 1.12 bits per heavy atom. The van der Waals surface area contributed by atoms with Crippen molar-refractivity contribution in [1.82, 2.24) is 0 Å². The summed E-state index contributed by atoms with van der Waals surface area (Å²) in [6.07, 6.45) is 5.07. The zero-order valence-electron chi connectivity index (χ0n) is 19.5. The first-order chi connectivity index (χ1) is 15.6. The van der Waals surface area contributed by atoms with Crippen molar-refractivity contribution in [2.75, 3.05) is 0 Å². The summed E-state index contributed by atoms with van der Waals surface area (Å²) in [5.41, 5.74) is -0.852. The van der Waals surface area contributed by atoms with E-state index in [1.54, 1.807) is 6.07 Å². The van der Waals surface area contributed by atoms with E-state index in [1.165, 1.54) is 19.3 Å². The van der Waals surface area contributed by atoms with Crippen LogP contribution in [0.3, 0.4) is 0 Å². The summed E-state index contributed by atoms with van der Waals surface area (Å²) in [5.74, 6) is 0.309. The third-order valence-electron chi connectivity index (χ3n) is 10.6. The lowest BCUT2D eigenvalue weighted by atomic mass is 9.43. The summed E-state index contributed by atoms with van der Waals surface area (Å²) in [6, 6.07) is 3.12. The van der Waals surface area contributed by atoms with Crippen LogP contribution in [-0.4, -0.2) is 46.2 Å². The molecule has 7 heteroatoms. The van der Waals surface area contributed by atoms with Crippen LogP contribution in [0.1, 0.15) is 70.8 Å². The summed E-state index contributed by atoms with van der Waals surface area (Å²) in [7, 11) is 0. The molecule has 4 saturated carbocycles. The number of esters is 1. The molecule has 5 aliphatic rings. The van der Waals surface area contributed by atoms with Gasteiger partial charge in [0.2, 0.25) is 0 Å². The number of epoxide rings is 1. The fraction of sp³-hybridized carbons (Fsp3) is 0.769. The van der Waals surface area contributed by atoms with Crippen molar-refractivity contribution in [1.29, 1.82) is 0 Å². The van der Waals surface area contributed by atoms with Gasteiger partial charge in [-0.15, -0.1) is 0 Å². The van der Waals surface area contributed by atoms with Gasteiger partial charge in [0.15, 0.2) is 0 Å². The first-order valence-corrected chi connectivity index (χ1v) is 12.4. The molecule has 4 aliphatic carbocycles. The molecule has 2 N–H and O–H groups in total. The Hall–Kier alpha value is -1.70. The Morgan fingerprint density at radius 2 is 1.91 bits per heavy atom. The first kappa shape index (κ1) is 21.8. The van der Waals surface area contributed by atoms with Crippen LogP contribution >= 0.6 is 0 Å². The number of hydrogen-bond donors (Lipinski definition) is 2. The van der Waals surface area contributed by atoms with E-state index in [4.69, 9.17) is 13.9 Å². The predicted molar refractivity (Wildman–Crippen MR) is 117 cm³/mol.